The van der Waals surface area contributed by atoms with Crippen LogP contribution in [0.1, 0.15) is 18.4 Å². The topological polar surface area (TPSA) is 78.5 Å². The second-order valence-corrected chi connectivity index (χ2v) is 12.3. The Balaban J connectivity index is 1.55. The summed E-state index contributed by atoms with van der Waals surface area (Å²) in [5.41, 5.74) is 2.80. The van der Waals surface area contributed by atoms with Gasteiger partial charge in [-0.15, -0.1) is 11.8 Å². The number of carbonyl (C=O) groups excluding carboxylic acids is 1. The van der Waals surface area contributed by atoms with Crippen molar-refractivity contribution in [3.63, 3.8) is 0 Å². The predicted octanol–water partition coefficient (Wildman–Crippen LogP) is 6.54. The Labute approximate surface area is 223 Å². The molecule has 35 heavy (non-hydrogen) atoms. The zero-order valence-corrected chi connectivity index (χ0v) is 23.0. The van der Waals surface area contributed by atoms with Crippen molar-refractivity contribution in [1.29, 1.82) is 0 Å². The Kier molecular flexibility index (Phi) is 8.31. The van der Waals surface area contributed by atoms with Crippen molar-refractivity contribution in [2.75, 3.05) is 33.8 Å². The van der Waals surface area contributed by atoms with E-state index in [4.69, 9.17) is 11.6 Å². The molecule has 4 rings (SSSR count). The van der Waals surface area contributed by atoms with Gasteiger partial charge in [-0.2, -0.15) is 0 Å². The van der Waals surface area contributed by atoms with Crippen LogP contribution >= 0.6 is 39.3 Å². The minimum atomic E-state index is -3.86. The summed E-state index contributed by atoms with van der Waals surface area (Å²) in [4.78, 5) is 16.1. The molecule has 0 saturated carbocycles. The first-order valence-electron chi connectivity index (χ1n) is 11.1. The number of hydrogen-bond donors (Lipinski definition) is 2. The van der Waals surface area contributed by atoms with Gasteiger partial charge in [0.2, 0.25) is 5.91 Å². The van der Waals surface area contributed by atoms with Crippen molar-refractivity contribution in [3.05, 3.63) is 75.7 Å². The van der Waals surface area contributed by atoms with Crippen LogP contribution in [0.15, 0.2) is 74.9 Å². The molecule has 10 heteroatoms. The molecule has 3 aromatic rings. The summed E-state index contributed by atoms with van der Waals surface area (Å²) in [5.74, 6) is 0.0139. The molecule has 0 unspecified atom stereocenters. The van der Waals surface area contributed by atoms with E-state index in [1.165, 1.54) is 17.8 Å². The van der Waals surface area contributed by atoms with Gasteiger partial charge in [0.25, 0.3) is 10.0 Å². The summed E-state index contributed by atoms with van der Waals surface area (Å²) >= 11 is 10.8. The zero-order chi connectivity index (χ0) is 25.0. The number of benzene rings is 3. The molecule has 0 atom stereocenters. The van der Waals surface area contributed by atoms with Gasteiger partial charge in [0.05, 0.1) is 22.0 Å². The van der Waals surface area contributed by atoms with Crippen LogP contribution in [-0.4, -0.2) is 33.2 Å². The SMILES string of the molecule is Cc1cc(Br)ccc1SCC(=O)Nc1cc(S(=O)(=O)Nc2ccc(Cl)cc2)ccc1N1CCCC1. The highest BCUT2D eigenvalue weighted by molar-refractivity contribution is 9.10. The van der Waals surface area contributed by atoms with Crippen LogP contribution in [0.3, 0.4) is 0 Å². The first-order valence-corrected chi connectivity index (χ1v) is 14.7. The van der Waals surface area contributed by atoms with E-state index in [1.807, 2.05) is 25.1 Å². The highest BCUT2D eigenvalue weighted by Crippen LogP contribution is 2.33. The van der Waals surface area contributed by atoms with Crippen LogP contribution in [0.25, 0.3) is 0 Å². The van der Waals surface area contributed by atoms with Crippen molar-refractivity contribution in [3.8, 4) is 0 Å². The molecule has 2 N–H and O–H groups in total. The number of anilines is 3. The van der Waals surface area contributed by atoms with Gasteiger partial charge in [-0.1, -0.05) is 27.5 Å². The summed E-state index contributed by atoms with van der Waals surface area (Å²) < 4.78 is 29.7. The molecule has 184 valence electrons. The van der Waals surface area contributed by atoms with E-state index in [-0.39, 0.29) is 16.6 Å². The molecule has 0 bridgehead atoms. The summed E-state index contributed by atoms with van der Waals surface area (Å²) in [6, 6.07) is 17.2. The van der Waals surface area contributed by atoms with Gasteiger partial charge < -0.3 is 10.2 Å². The number of hydrogen-bond acceptors (Lipinski definition) is 5. The first-order chi connectivity index (χ1) is 16.7. The fourth-order valence-electron chi connectivity index (χ4n) is 3.85. The highest BCUT2D eigenvalue weighted by atomic mass is 79.9. The predicted molar refractivity (Wildman–Crippen MR) is 148 cm³/mol. The molecule has 1 amide bonds. The summed E-state index contributed by atoms with van der Waals surface area (Å²) in [6.45, 7) is 3.73. The maximum atomic E-state index is 13.1. The molecular weight excluding hydrogens is 570 g/mol. The minimum absolute atomic E-state index is 0.0714. The number of rotatable bonds is 8. The van der Waals surface area contributed by atoms with Gasteiger partial charge in [-0.3, -0.25) is 9.52 Å². The fourth-order valence-corrected chi connectivity index (χ4v) is 6.35. The average Bonchev–Trinajstić information content (AvgIpc) is 3.34. The van der Waals surface area contributed by atoms with Crippen LogP contribution in [0.2, 0.25) is 5.02 Å². The van der Waals surface area contributed by atoms with Gasteiger partial charge in [0, 0.05) is 33.2 Å². The van der Waals surface area contributed by atoms with Gasteiger partial charge >= 0.3 is 0 Å². The number of aryl methyl sites for hydroxylation is 1. The van der Waals surface area contributed by atoms with Crippen LogP contribution in [0, 0.1) is 6.92 Å². The molecule has 6 nitrogen and oxygen atoms in total. The highest BCUT2D eigenvalue weighted by Gasteiger charge is 2.22. The number of halogens is 2. The molecule has 1 heterocycles. The van der Waals surface area contributed by atoms with Crippen molar-refractivity contribution < 1.29 is 13.2 Å². The summed E-state index contributed by atoms with van der Waals surface area (Å²) in [5, 5.41) is 3.47. The Morgan fingerprint density at radius 1 is 1.06 bits per heavy atom. The molecule has 0 aliphatic carbocycles. The second-order valence-electron chi connectivity index (χ2n) is 8.23. The maximum absolute atomic E-state index is 13.1. The van der Waals surface area contributed by atoms with Gasteiger partial charge in [-0.05, 0) is 86.0 Å². The van der Waals surface area contributed by atoms with Crippen molar-refractivity contribution in [2.24, 2.45) is 0 Å². The molecule has 3 aromatic carbocycles. The standard InChI is InChI=1S/C25H25BrClN3O3S2/c1-17-14-18(26)4-11-24(17)34-16-25(31)28-22-15-21(9-10-23(22)30-12-2-3-13-30)35(32,33)29-20-7-5-19(27)6-8-20/h4-11,14-15,29H,2-3,12-13,16H2,1H3,(H,28,31). The largest absolute Gasteiger partial charge is 0.370 e. The summed E-state index contributed by atoms with van der Waals surface area (Å²) in [7, 11) is -3.86. The third-order valence-electron chi connectivity index (χ3n) is 5.59. The van der Waals surface area contributed by atoms with E-state index in [0.717, 1.165) is 46.6 Å². The van der Waals surface area contributed by atoms with E-state index in [0.29, 0.717) is 16.4 Å². The van der Waals surface area contributed by atoms with Crippen molar-refractivity contribution in [2.45, 2.75) is 29.6 Å². The van der Waals surface area contributed by atoms with Crippen molar-refractivity contribution >= 4 is 72.3 Å². The van der Waals surface area contributed by atoms with Gasteiger partial charge in [0.15, 0.2) is 0 Å². The van der Waals surface area contributed by atoms with Crippen LogP contribution in [0.4, 0.5) is 17.1 Å². The first kappa shape index (κ1) is 25.9. The van der Waals surface area contributed by atoms with E-state index >= 15 is 0 Å². The normalized spacial score (nSPS) is 13.6. The number of nitrogens with one attached hydrogen (secondary N) is 2. The molecule has 0 aromatic heterocycles. The Hall–Kier alpha value is -2.20. The molecule has 0 spiro atoms. The molecule has 1 aliphatic rings. The number of thioether (sulfide) groups is 1. The molecule has 0 radical (unpaired) electrons. The molecule has 1 fully saturated rings. The number of sulfonamides is 1. The van der Waals surface area contributed by atoms with Gasteiger partial charge in [0.1, 0.15) is 0 Å². The lowest BCUT2D eigenvalue weighted by Crippen LogP contribution is -2.22. The number of carbonyl (C=O) groups is 1. The quantitative estimate of drug-likeness (QED) is 0.290. The van der Waals surface area contributed by atoms with E-state index in [2.05, 4.69) is 30.9 Å². The lowest BCUT2D eigenvalue weighted by molar-refractivity contribution is -0.113. The smallest absolute Gasteiger partial charge is 0.261 e. The lowest BCUT2D eigenvalue weighted by Gasteiger charge is -2.22. The second kappa shape index (κ2) is 11.2. The van der Waals surface area contributed by atoms with Crippen LogP contribution in [0.5, 0.6) is 0 Å². The van der Waals surface area contributed by atoms with E-state index < -0.39 is 10.0 Å². The zero-order valence-electron chi connectivity index (χ0n) is 19.1. The minimum Gasteiger partial charge on any atom is -0.370 e. The molecule has 1 saturated heterocycles. The van der Waals surface area contributed by atoms with Crippen LogP contribution < -0.4 is 14.9 Å². The Bertz CT molecular complexity index is 1330. The van der Waals surface area contributed by atoms with E-state index in [9.17, 15) is 13.2 Å². The van der Waals surface area contributed by atoms with Crippen molar-refractivity contribution in [1.82, 2.24) is 0 Å². The van der Waals surface area contributed by atoms with E-state index in [1.54, 1.807) is 36.4 Å². The third kappa shape index (κ3) is 6.73. The number of amides is 1. The average molecular weight is 595 g/mol. The van der Waals surface area contributed by atoms with Gasteiger partial charge in [-0.25, -0.2) is 8.42 Å². The lowest BCUT2D eigenvalue weighted by atomic mass is 10.2. The third-order valence-corrected chi connectivity index (χ3v) is 8.89. The monoisotopic (exact) mass is 593 g/mol. The molecular formula is C25H25BrClN3O3S2. The Morgan fingerprint density at radius 2 is 1.77 bits per heavy atom. The Morgan fingerprint density at radius 3 is 2.46 bits per heavy atom. The molecule has 1 aliphatic heterocycles. The number of nitrogens with zero attached hydrogens (tertiary/aromatic N) is 1. The summed E-state index contributed by atoms with van der Waals surface area (Å²) in [6.07, 6.45) is 2.12. The van der Waals surface area contributed by atoms with Crippen LogP contribution in [-0.2, 0) is 14.8 Å². The fraction of sp³-hybridized carbons (Fsp3) is 0.240. The maximum Gasteiger partial charge on any atom is 0.261 e.